The van der Waals surface area contributed by atoms with Crippen LogP contribution in [0.3, 0.4) is 0 Å². The summed E-state index contributed by atoms with van der Waals surface area (Å²) in [6.45, 7) is 33.7. The zero-order valence-corrected chi connectivity index (χ0v) is 63.1. The van der Waals surface area contributed by atoms with Gasteiger partial charge in [-0.25, -0.2) is 0 Å². The van der Waals surface area contributed by atoms with Crippen LogP contribution in [0.5, 0.6) is 0 Å². The van der Waals surface area contributed by atoms with Crippen LogP contribution in [0.25, 0.3) is 11.1 Å². The molecule has 3 aliphatic rings. The predicted octanol–water partition coefficient (Wildman–Crippen LogP) is 24.6. The highest BCUT2D eigenvalue weighted by Gasteiger charge is 2.54. The highest BCUT2D eigenvalue weighted by atomic mass is 79.9. The number of hydrogen-bond donors (Lipinski definition) is 0. The number of anilines is 6. The van der Waals surface area contributed by atoms with E-state index in [9.17, 15) is 0 Å². The first kappa shape index (κ1) is 73.8. The van der Waals surface area contributed by atoms with Gasteiger partial charge >= 0.3 is 14.2 Å². The Morgan fingerprint density at radius 3 is 1.01 bits per heavy atom. The van der Waals surface area contributed by atoms with Gasteiger partial charge in [0.05, 0.1) is 22.4 Å². The summed E-state index contributed by atoms with van der Waals surface area (Å²) in [5.74, 6) is 0. The molecule has 0 radical (unpaired) electrons. The van der Waals surface area contributed by atoms with Crippen molar-refractivity contribution >= 4 is 91.1 Å². The summed E-state index contributed by atoms with van der Waals surface area (Å²) in [6, 6.07) is 55.0. The molecular weight excluding hydrogens is 1290 g/mol. The van der Waals surface area contributed by atoms with E-state index in [0.29, 0.717) is 0 Å². The lowest BCUT2D eigenvalue weighted by atomic mass is 9.67. The van der Waals surface area contributed by atoms with Gasteiger partial charge in [0, 0.05) is 48.5 Å². The molecule has 2 aliphatic heterocycles. The highest BCUT2D eigenvalue weighted by molar-refractivity contribution is 9.10. The molecule has 6 nitrogen and oxygen atoms in total. The second-order valence-corrected chi connectivity index (χ2v) is 31.2. The molecule has 504 valence electrons. The molecule has 10 rings (SSSR count). The van der Waals surface area contributed by atoms with Crippen molar-refractivity contribution < 1.29 is 18.6 Å². The fraction of sp³-hybridized carbons (Fsp3) is 0.459. The summed E-state index contributed by atoms with van der Waals surface area (Å²) in [5.41, 5.74) is 18.6. The van der Waals surface area contributed by atoms with Crippen LogP contribution >= 0.6 is 31.9 Å². The number of nitrogens with zero attached hydrogens (tertiary/aromatic N) is 2. The van der Waals surface area contributed by atoms with Gasteiger partial charge in [-0.1, -0.05) is 195 Å². The van der Waals surface area contributed by atoms with Crippen molar-refractivity contribution in [2.75, 3.05) is 9.80 Å². The lowest BCUT2D eigenvalue weighted by molar-refractivity contribution is 0.00578. The number of fused-ring (bicyclic) bond motifs is 3. The van der Waals surface area contributed by atoms with Crippen molar-refractivity contribution in [3.05, 3.63) is 213 Å². The number of benzene rings is 7. The number of unbranched alkanes of at least 4 members (excludes halogenated alkanes) is 14. The van der Waals surface area contributed by atoms with E-state index in [2.05, 4.69) is 283 Å². The number of allylic oxidation sites excluding steroid dienone is 2. The van der Waals surface area contributed by atoms with Crippen LogP contribution in [-0.4, -0.2) is 36.6 Å². The molecule has 2 saturated heterocycles. The van der Waals surface area contributed by atoms with Gasteiger partial charge < -0.3 is 28.4 Å². The van der Waals surface area contributed by atoms with Crippen LogP contribution in [0, 0.1) is 13.8 Å². The minimum absolute atomic E-state index is 0.0937. The van der Waals surface area contributed by atoms with Gasteiger partial charge in [0.15, 0.2) is 0 Å². The zero-order chi connectivity index (χ0) is 68.0. The standard InChI is InChI=1S/C55H62Br2N2.C30H48B2O4/c1-5-7-9-11-13-15-37-55(38-16-14-12-10-8-6-2)53-39-49(58(45-25-17-41(3)18-26-45)47-29-21-43(56)22-30-47)33-35-51(53)52-36-34-50(40-54(52)55)59(46-27-19-42(4)20-28-46)48-31-23-44(57)24-32-48;1-11-13-15-17-19-23-21-26(32-35-29(7,8)30(9,10)36-32)24(20-18-16-14-12-2)22-25(23)31-33-27(3,4)28(5,6)34-31/h17-36,39-40H,5-16,37-38H2,1-4H3;11-12,21-22H,1-2,13-20H2,3-10H3. The SMILES string of the molecule is C=CCCCCc1cc(B2OC(C)(C)C(C)(C)O2)c(CCCCC=C)cc1B1OC(C)(C)C(C)(C)O1.CCCCCCCCC1(CCCCCCCC)c2cc(N(c3ccc(C)cc3)c3ccc(Br)cc3)ccc2-c2ccc(N(c3ccc(C)cc3)c3ccc(Br)cc3)cc21. The lowest BCUT2D eigenvalue weighted by Gasteiger charge is -2.35. The van der Waals surface area contributed by atoms with Crippen molar-refractivity contribution in [1.82, 2.24) is 0 Å². The first-order valence-corrected chi connectivity index (χ1v) is 37.8. The van der Waals surface area contributed by atoms with Crippen molar-refractivity contribution in [2.45, 2.75) is 252 Å². The third-order valence-corrected chi connectivity index (χ3v) is 22.2. The highest BCUT2D eigenvalue weighted by Crippen LogP contribution is 2.57. The number of rotatable bonds is 32. The molecule has 0 atom stereocenters. The smallest absolute Gasteiger partial charge is 0.399 e. The third kappa shape index (κ3) is 17.9. The zero-order valence-electron chi connectivity index (χ0n) is 59.9. The van der Waals surface area contributed by atoms with Gasteiger partial charge in [0.1, 0.15) is 0 Å². The fourth-order valence-corrected chi connectivity index (χ4v) is 14.6. The minimum atomic E-state index is -0.385. The fourth-order valence-electron chi connectivity index (χ4n) is 14.0. The third-order valence-electron chi connectivity index (χ3n) is 21.1. The topological polar surface area (TPSA) is 43.4 Å². The van der Waals surface area contributed by atoms with Gasteiger partial charge in [-0.15, -0.1) is 13.2 Å². The van der Waals surface area contributed by atoms with E-state index in [-0.39, 0.29) is 42.1 Å². The Morgan fingerprint density at radius 2 is 0.684 bits per heavy atom. The van der Waals surface area contributed by atoms with Crippen LogP contribution in [0.15, 0.2) is 180 Å². The normalized spacial score (nSPS) is 16.1. The maximum atomic E-state index is 6.53. The second kappa shape index (κ2) is 33.4. The average Bonchev–Trinajstić information content (AvgIpc) is 1.57. The summed E-state index contributed by atoms with van der Waals surface area (Å²) >= 11 is 7.41. The summed E-state index contributed by atoms with van der Waals surface area (Å²) in [6.07, 6.45) is 30.2. The van der Waals surface area contributed by atoms with Crippen LogP contribution in [0.1, 0.15) is 231 Å². The maximum absolute atomic E-state index is 6.53. The molecule has 7 aromatic rings. The van der Waals surface area contributed by atoms with Crippen LogP contribution in [0.4, 0.5) is 34.1 Å². The first-order valence-electron chi connectivity index (χ1n) is 36.2. The summed E-state index contributed by atoms with van der Waals surface area (Å²) in [7, 11) is -0.771. The molecule has 0 N–H and O–H groups in total. The average molecular weight is 1410 g/mol. The number of aryl methyl sites for hydroxylation is 4. The largest absolute Gasteiger partial charge is 0.495 e. The minimum Gasteiger partial charge on any atom is -0.399 e. The number of hydrogen-bond acceptors (Lipinski definition) is 6. The first-order chi connectivity index (χ1) is 45.6. The van der Waals surface area contributed by atoms with Crippen LogP contribution < -0.4 is 20.7 Å². The predicted molar refractivity (Wildman–Crippen MR) is 416 cm³/mol. The number of halogens is 2. The van der Waals surface area contributed by atoms with E-state index in [1.54, 1.807) is 0 Å². The molecule has 0 saturated carbocycles. The Morgan fingerprint density at radius 1 is 0.379 bits per heavy atom. The van der Waals surface area contributed by atoms with E-state index in [1.165, 1.54) is 144 Å². The summed E-state index contributed by atoms with van der Waals surface area (Å²) < 4.78 is 28.3. The molecular formula is C85H110B2Br2N2O4. The second-order valence-electron chi connectivity index (χ2n) is 29.4. The van der Waals surface area contributed by atoms with Crippen molar-refractivity contribution in [3.8, 4) is 11.1 Å². The monoisotopic (exact) mass is 1400 g/mol. The van der Waals surface area contributed by atoms with Crippen LogP contribution in [-0.2, 0) is 36.9 Å². The molecule has 95 heavy (non-hydrogen) atoms. The Labute approximate surface area is 592 Å². The molecule has 0 bridgehead atoms. The molecule has 0 amide bonds. The molecule has 1 aliphatic carbocycles. The molecule has 10 heteroatoms. The van der Waals surface area contributed by atoms with Gasteiger partial charge in [-0.05, 0) is 275 Å². The lowest BCUT2D eigenvalue weighted by Crippen LogP contribution is -2.43. The Hall–Kier alpha value is -5.45. The van der Waals surface area contributed by atoms with E-state index in [0.717, 1.165) is 95.5 Å². The van der Waals surface area contributed by atoms with Gasteiger partial charge in [0.2, 0.25) is 0 Å². The molecule has 0 spiro atoms. The van der Waals surface area contributed by atoms with Crippen molar-refractivity contribution in [3.63, 3.8) is 0 Å². The van der Waals surface area contributed by atoms with Gasteiger partial charge in [-0.3, -0.25) is 0 Å². The van der Waals surface area contributed by atoms with Gasteiger partial charge in [-0.2, -0.15) is 0 Å². The van der Waals surface area contributed by atoms with E-state index < -0.39 is 0 Å². The summed E-state index contributed by atoms with van der Waals surface area (Å²) in [5, 5.41) is 0. The van der Waals surface area contributed by atoms with E-state index in [4.69, 9.17) is 18.6 Å². The Kier molecular flexibility index (Phi) is 25.9. The molecule has 0 unspecified atom stereocenters. The van der Waals surface area contributed by atoms with Crippen LogP contribution in [0.2, 0.25) is 0 Å². The summed E-state index contributed by atoms with van der Waals surface area (Å²) in [4.78, 5) is 4.90. The van der Waals surface area contributed by atoms with Crippen molar-refractivity contribution in [1.29, 1.82) is 0 Å². The quantitative estimate of drug-likeness (QED) is 0.0238. The van der Waals surface area contributed by atoms with Gasteiger partial charge in [0.25, 0.3) is 0 Å². The Bertz CT molecular complexity index is 3260. The maximum Gasteiger partial charge on any atom is 0.495 e. The molecule has 2 fully saturated rings. The van der Waals surface area contributed by atoms with E-state index in [1.807, 2.05) is 12.2 Å². The molecule has 2 heterocycles. The molecule has 0 aromatic heterocycles. The Balaban J connectivity index is 0.000000252. The molecule has 7 aromatic carbocycles. The van der Waals surface area contributed by atoms with E-state index >= 15 is 0 Å². The van der Waals surface area contributed by atoms with Crippen molar-refractivity contribution in [2.24, 2.45) is 0 Å².